The number of nitrogens with one attached hydrogen (secondary N) is 1. The van der Waals surface area contributed by atoms with Crippen LogP contribution >= 0.6 is 11.8 Å². The van der Waals surface area contributed by atoms with Crippen molar-refractivity contribution in [3.05, 3.63) is 111 Å². The van der Waals surface area contributed by atoms with Crippen molar-refractivity contribution < 1.29 is 18.0 Å². The maximum Gasteiger partial charge on any atom is 0.416 e. The molecule has 0 unspecified atom stereocenters. The lowest BCUT2D eigenvalue weighted by molar-refractivity contribution is -0.137. The first-order valence-electron chi connectivity index (χ1n) is 12.7. The van der Waals surface area contributed by atoms with Crippen LogP contribution in [0.3, 0.4) is 0 Å². The fraction of sp³-hybridized carbons (Fsp3) is 0.172. The lowest BCUT2D eigenvalue weighted by Gasteiger charge is -2.28. The fourth-order valence-corrected chi connectivity index (χ4v) is 5.75. The number of aromatic amines is 1. The molecule has 0 radical (unpaired) electrons. The third-order valence-corrected chi connectivity index (χ3v) is 7.93. The van der Waals surface area contributed by atoms with E-state index in [9.17, 15) is 22.8 Å². The first-order valence-corrected chi connectivity index (χ1v) is 13.7. The Morgan fingerprint density at radius 1 is 1.02 bits per heavy atom. The molecular formula is C29H23F3N6O2S. The van der Waals surface area contributed by atoms with Crippen LogP contribution in [-0.4, -0.2) is 32.0 Å². The van der Waals surface area contributed by atoms with E-state index in [-0.39, 0.29) is 17.6 Å². The number of imidazole rings is 1. The average Bonchev–Trinajstić information content (AvgIpc) is 3.40. The van der Waals surface area contributed by atoms with Gasteiger partial charge in [0.15, 0.2) is 5.16 Å². The van der Waals surface area contributed by atoms with Gasteiger partial charge in [0, 0.05) is 24.3 Å². The number of para-hydroxylation sites is 1. The predicted octanol–water partition coefficient (Wildman–Crippen LogP) is 5.08. The molecule has 0 atom stereocenters. The van der Waals surface area contributed by atoms with Crippen LogP contribution in [0.25, 0.3) is 16.7 Å². The third kappa shape index (κ3) is 5.30. The number of benzene rings is 3. The van der Waals surface area contributed by atoms with E-state index in [0.717, 1.165) is 17.7 Å². The van der Waals surface area contributed by atoms with Crippen LogP contribution in [0, 0.1) is 0 Å². The van der Waals surface area contributed by atoms with Gasteiger partial charge >= 0.3 is 6.18 Å². The zero-order valence-corrected chi connectivity index (χ0v) is 22.3. The van der Waals surface area contributed by atoms with Gasteiger partial charge in [-0.2, -0.15) is 13.2 Å². The summed E-state index contributed by atoms with van der Waals surface area (Å²) >= 11 is 1.41. The fourth-order valence-electron chi connectivity index (χ4n) is 4.77. The summed E-state index contributed by atoms with van der Waals surface area (Å²) in [5.74, 6) is 0.414. The molecule has 3 heterocycles. The van der Waals surface area contributed by atoms with E-state index in [1.165, 1.54) is 17.8 Å². The maximum atomic E-state index is 13.9. The largest absolute Gasteiger partial charge is 0.416 e. The van der Waals surface area contributed by atoms with Gasteiger partial charge in [-0.15, -0.1) is 0 Å². The number of thioether (sulfide) groups is 1. The van der Waals surface area contributed by atoms with Gasteiger partial charge in [0.05, 0.1) is 40.1 Å². The molecule has 5 aromatic rings. The highest BCUT2D eigenvalue weighted by molar-refractivity contribution is 7.98. The van der Waals surface area contributed by atoms with Gasteiger partial charge in [0.1, 0.15) is 0 Å². The minimum Gasteiger partial charge on any atom is -0.366 e. The molecular weight excluding hydrogens is 553 g/mol. The topological polar surface area (TPSA) is 110 Å². The van der Waals surface area contributed by atoms with Crippen LogP contribution in [0.5, 0.6) is 0 Å². The third-order valence-electron chi connectivity index (χ3n) is 6.92. The van der Waals surface area contributed by atoms with Gasteiger partial charge in [-0.05, 0) is 48.0 Å². The summed E-state index contributed by atoms with van der Waals surface area (Å²) in [5, 5.41) is 0.538. The number of anilines is 1. The van der Waals surface area contributed by atoms with E-state index in [2.05, 4.69) is 9.97 Å². The molecule has 3 N–H and O–H groups in total. The minimum atomic E-state index is -4.46. The number of carbonyl (C=O) groups is 1. The average molecular weight is 577 g/mol. The molecule has 1 aliphatic heterocycles. The van der Waals surface area contributed by atoms with Gasteiger partial charge in [-0.1, -0.05) is 42.1 Å². The Morgan fingerprint density at radius 3 is 2.49 bits per heavy atom. The van der Waals surface area contributed by atoms with Crippen LogP contribution in [0.4, 0.5) is 19.1 Å². The van der Waals surface area contributed by atoms with Crippen LogP contribution in [0.2, 0.25) is 0 Å². The second-order valence-electron chi connectivity index (χ2n) is 9.61. The van der Waals surface area contributed by atoms with Crippen LogP contribution in [-0.2, 0) is 24.9 Å². The van der Waals surface area contributed by atoms with Gasteiger partial charge in [-0.3, -0.25) is 14.2 Å². The number of nitrogens with zero attached hydrogens (tertiary/aromatic N) is 4. The maximum absolute atomic E-state index is 13.9. The second-order valence-corrected chi connectivity index (χ2v) is 10.5. The molecule has 0 saturated heterocycles. The summed E-state index contributed by atoms with van der Waals surface area (Å²) in [5.41, 5.74) is 8.27. The number of hydrogen-bond acceptors (Lipinski definition) is 6. The Morgan fingerprint density at radius 2 is 1.78 bits per heavy atom. The zero-order chi connectivity index (χ0) is 28.7. The van der Waals surface area contributed by atoms with Crippen LogP contribution in [0.1, 0.15) is 32.7 Å². The van der Waals surface area contributed by atoms with E-state index in [1.54, 1.807) is 16.7 Å². The van der Waals surface area contributed by atoms with E-state index in [1.807, 2.05) is 47.4 Å². The second kappa shape index (κ2) is 10.4. The number of H-pyrrole nitrogens is 1. The molecule has 6 rings (SSSR count). The lowest BCUT2D eigenvalue weighted by Crippen LogP contribution is -2.38. The van der Waals surface area contributed by atoms with Crippen molar-refractivity contribution in [2.75, 3.05) is 11.4 Å². The van der Waals surface area contributed by atoms with Gasteiger partial charge < -0.3 is 15.6 Å². The molecule has 208 valence electrons. The zero-order valence-electron chi connectivity index (χ0n) is 21.5. The van der Waals surface area contributed by atoms with Crippen molar-refractivity contribution in [3.63, 3.8) is 0 Å². The number of primary amides is 1. The summed E-state index contributed by atoms with van der Waals surface area (Å²) in [6.45, 7) is 0.693. The first kappa shape index (κ1) is 26.6. The normalized spacial score (nSPS) is 13.4. The minimum absolute atomic E-state index is 0.208. The van der Waals surface area contributed by atoms with Crippen molar-refractivity contribution in [2.24, 2.45) is 5.73 Å². The van der Waals surface area contributed by atoms with Crippen molar-refractivity contribution in [2.45, 2.75) is 30.1 Å². The Kier molecular flexibility index (Phi) is 6.78. The molecule has 12 heteroatoms. The Bertz CT molecular complexity index is 1820. The highest BCUT2D eigenvalue weighted by Crippen LogP contribution is 2.32. The van der Waals surface area contributed by atoms with Crippen molar-refractivity contribution in [1.82, 2.24) is 19.5 Å². The molecule has 1 amide bonds. The molecule has 0 fully saturated rings. The summed E-state index contributed by atoms with van der Waals surface area (Å²) in [7, 11) is 0. The van der Waals surface area contributed by atoms with Crippen molar-refractivity contribution in [3.8, 4) is 5.69 Å². The number of nitrogens with two attached hydrogens (primary N) is 1. The number of halogens is 3. The number of aromatic nitrogens is 4. The Hall–Kier alpha value is -4.58. The number of fused-ring (bicyclic) bond motifs is 2. The summed E-state index contributed by atoms with van der Waals surface area (Å²) < 4.78 is 41.1. The van der Waals surface area contributed by atoms with Crippen molar-refractivity contribution >= 4 is 34.7 Å². The summed E-state index contributed by atoms with van der Waals surface area (Å²) in [6, 6.07) is 19.6. The van der Waals surface area contributed by atoms with Crippen LogP contribution in [0.15, 0.2) is 82.7 Å². The Balaban J connectivity index is 1.33. The number of alkyl halides is 3. The monoisotopic (exact) mass is 576 g/mol. The highest BCUT2D eigenvalue weighted by Gasteiger charge is 2.31. The van der Waals surface area contributed by atoms with E-state index in [4.69, 9.17) is 10.7 Å². The molecule has 0 saturated carbocycles. The molecule has 0 bridgehead atoms. The molecule has 0 aliphatic carbocycles. The number of carbonyl (C=O) groups excluding carboxylic acids is 1. The quantitative estimate of drug-likeness (QED) is 0.216. The van der Waals surface area contributed by atoms with Crippen LogP contribution < -0.4 is 16.2 Å². The molecule has 2 aromatic heterocycles. The van der Waals surface area contributed by atoms with Gasteiger partial charge in [0.2, 0.25) is 11.9 Å². The summed E-state index contributed by atoms with van der Waals surface area (Å²) in [4.78, 5) is 39.5. The van der Waals surface area contributed by atoms with Gasteiger partial charge in [-0.25, -0.2) is 9.97 Å². The van der Waals surface area contributed by atoms with Crippen molar-refractivity contribution in [1.29, 1.82) is 0 Å². The highest BCUT2D eigenvalue weighted by atomic mass is 32.2. The Labute approximate surface area is 236 Å². The number of hydrogen-bond donors (Lipinski definition) is 2. The molecule has 41 heavy (non-hydrogen) atoms. The smallest absolute Gasteiger partial charge is 0.366 e. The molecule has 0 spiro atoms. The summed E-state index contributed by atoms with van der Waals surface area (Å²) in [6.07, 6.45) is -3.99. The predicted molar refractivity (Wildman–Crippen MR) is 150 cm³/mol. The molecule has 8 nitrogen and oxygen atoms in total. The van der Waals surface area contributed by atoms with Gasteiger partial charge in [0.25, 0.3) is 5.56 Å². The van der Waals surface area contributed by atoms with E-state index >= 15 is 0 Å². The standard InChI is InChI=1S/C29H23F3N6O2S/c30-29(31,32)19-10-11-23-24(14-19)35-27(34-23)37-13-12-22-21(15-37)26(40)38(20-4-2-1-3-5-20)28(36-22)41-16-17-6-8-18(9-7-17)25(33)39/h1-11,14H,12-13,15-16H2,(H2,33,39)(H,34,35). The van der Waals surface area contributed by atoms with E-state index < -0.39 is 17.6 Å². The SMILES string of the molecule is NC(=O)c1ccc(CSc2nc3c(c(=O)n2-c2ccccc2)CN(c2nc4ccc(C(F)(F)F)cc4[nH]2)CC3)cc1. The molecule has 3 aromatic carbocycles. The lowest BCUT2D eigenvalue weighted by atomic mass is 10.1. The number of rotatable bonds is 6. The number of amides is 1. The van der Waals surface area contributed by atoms with E-state index in [0.29, 0.717) is 57.8 Å². The molecule has 1 aliphatic rings. The first-order chi connectivity index (χ1) is 19.7.